The van der Waals surface area contributed by atoms with Crippen LogP contribution in [-0.4, -0.2) is 47.3 Å². The summed E-state index contributed by atoms with van der Waals surface area (Å²) in [5, 5.41) is 11.1. The molecule has 4 amide bonds. The van der Waals surface area contributed by atoms with Crippen molar-refractivity contribution in [1.29, 1.82) is 0 Å². The fraction of sp³-hybridized carbons (Fsp3) is 0.400. The molecule has 2 aromatic carbocycles. The molecule has 6 atom stereocenters. The van der Waals surface area contributed by atoms with Gasteiger partial charge in [-0.2, -0.15) is 0 Å². The lowest BCUT2D eigenvalue weighted by Crippen LogP contribution is -2.48. The number of allylic oxidation sites excluding steroid dienone is 2. The Balaban J connectivity index is 1.54. The number of hydrogen-bond acceptors (Lipinski definition) is 6. The summed E-state index contributed by atoms with van der Waals surface area (Å²) in [6, 6.07) is 13.8. The number of imide groups is 2. The first-order valence-corrected chi connectivity index (χ1v) is 13.1. The highest BCUT2D eigenvalue weighted by Crippen LogP contribution is 2.64. The first-order valence-electron chi connectivity index (χ1n) is 13.1. The minimum atomic E-state index is -1.19. The second-order valence-corrected chi connectivity index (χ2v) is 10.8. The molecule has 1 saturated carbocycles. The van der Waals surface area contributed by atoms with E-state index in [-0.39, 0.29) is 35.3 Å². The minimum Gasteiger partial charge on any atom is -0.508 e. The van der Waals surface area contributed by atoms with Crippen LogP contribution in [0.1, 0.15) is 38.2 Å². The summed E-state index contributed by atoms with van der Waals surface area (Å²) in [4.78, 5) is 57.4. The number of carbonyl (C=O) groups is 4. The first kappa shape index (κ1) is 24.4. The van der Waals surface area contributed by atoms with E-state index >= 15 is 0 Å². The number of fused-ring (bicyclic) bond motifs is 4. The Labute approximate surface area is 220 Å². The van der Waals surface area contributed by atoms with Gasteiger partial charge in [0.2, 0.25) is 23.6 Å². The summed E-state index contributed by atoms with van der Waals surface area (Å²) < 4.78 is 5.28. The second-order valence-electron chi connectivity index (χ2n) is 10.8. The number of amides is 4. The largest absolute Gasteiger partial charge is 0.508 e. The fourth-order valence-corrected chi connectivity index (χ4v) is 7.45. The predicted molar refractivity (Wildman–Crippen MR) is 138 cm³/mol. The normalized spacial score (nSPS) is 32.2. The third-order valence-electron chi connectivity index (χ3n) is 9.25. The maximum atomic E-state index is 14.2. The number of phenolic OH excluding ortho intramolecular Hbond substituents is 1. The van der Waals surface area contributed by atoms with Gasteiger partial charge in [-0.25, -0.2) is 4.90 Å². The van der Waals surface area contributed by atoms with Crippen molar-refractivity contribution in [3.8, 4) is 11.5 Å². The predicted octanol–water partition coefficient (Wildman–Crippen LogP) is 3.65. The lowest BCUT2D eigenvalue weighted by atomic mass is 9.51. The number of likely N-dealkylation sites (tertiary alicyclic amines) is 1. The summed E-state index contributed by atoms with van der Waals surface area (Å²) in [6.07, 6.45) is 2.66. The van der Waals surface area contributed by atoms with Crippen LogP contribution < -0.4 is 9.64 Å². The highest BCUT2D eigenvalue weighted by molar-refractivity contribution is 6.24. The first-order chi connectivity index (χ1) is 18.2. The molecule has 0 aromatic heterocycles. The number of phenols is 1. The van der Waals surface area contributed by atoms with Gasteiger partial charge in [-0.1, -0.05) is 35.9 Å². The van der Waals surface area contributed by atoms with E-state index in [1.165, 1.54) is 23.0 Å². The van der Waals surface area contributed by atoms with Crippen LogP contribution in [0.25, 0.3) is 0 Å². The molecule has 8 heteroatoms. The molecule has 6 rings (SSSR count). The Morgan fingerprint density at radius 2 is 1.74 bits per heavy atom. The van der Waals surface area contributed by atoms with Crippen molar-refractivity contribution in [1.82, 2.24) is 4.90 Å². The van der Waals surface area contributed by atoms with Crippen LogP contribution in [0.15, 0.2) is 60.2 Å². The van der Waals surface area contributed by atoms with Crippen molar-refractivity contribution in [3.05, 3.63) is 65.7 Å². The quantitative estimate of drug-likeness (QED) is 0.493. The molecule has 4 aliphatic rings. The topological polar surface area (TPSA) is 104 Å². The number of nitrogens with zero attached hydrogens (tertiary/aromatic N) is 2. The average molecular weight is 515 g/mol. The molecule has 0 bridgehead atoms. The van der Waals surface area contributed by atoms with Crippen LogP contribution in [0.3, 0.4) is 0 Å². The smallest absolute Gasteiger partial charge is 0.241 e. The van der Waals surface area contributed by atoms with Crippen LogP contribution in [0, 0.1) is 29.1 Å². The van der Waals surface area contributed by atoms with Crippen molar-refractivity contribution in [2.45, 2.75) is 32.6 Å². The van der Waals surface area contributed by atoms with Gasteiger partial charge in [0.05, 0.1) is 36.0 Å². The Hall–Kier alpha value is -3.94. The second kappa shape index (κ2) is 8.55. The van der Waals surface area contributed by atoms with Gasteiger partial charge in [0, 0.05) is 24.1 Å². The van der Waals surface area contributed by atoms with E-state index in [1.807, 2.05) is 12.1 Å². The maximum Gasteiger partial charge on any atom is 0.241 e. The van der Waals surface area contributed by atoms with E-state index in [1.54, 1.807) is 50.2 Å². The number of para-hydroxylation sites is 1. The van der Waals surface area contributed by atoms with Gasteiger partial charge >= 0.3 is 0 Å². The van der Waals surface area contributed by atoms with E-state index in [2.05, 4.69) is 0 Å². The van der Waals surface area contributed by atoms with Gasteiger partial charge < -0.3 is 9.84 Å². The Morgan fingerprint density at radius 1 is 1.00 bits per heavy atom. The van der Waals surface area contributed by atoms with E-state index in [0.29, 0.717) is 36.4 Å². The van der Waals surface area contributed by atoms with E-state index in [4.69, 9.17) is 4.74 Å². The lowest BCUT2D eigenvalue weighted by Gasteiger charge is -2.49. The van der Waals surface area contributed by atoms with Crippen molar-refractivity contribution in [2.24, 2.45) is 29.1 Å². The highest BCUT2D eigenvalue weighted by atomic mass is 16.5. The molecule has 0 radical (unpaired) electrons. The standard InChI is InChI=1S/C30H30N2O6/c1-4-31-26(34)20-13-12-18-21(24(20)28(31)36)15-22-27(35)32(16-8-6-5-7-9-16)29(37)30(22,2)25(18)19-11-10-17(38-3)14-23(19)33/h5-12,14,20-22,24-25,33H,4,13,15H2,1-3H3. The van der Waals surface area contributed by atoms with Crippen LogP contribution in [0.2, 0.25) is 0 Å². The summed E-state index contributed by atoms with van der Waals surface area (Å²) >= 11 is 0. The molecule has 1 N–H and O–H groups in total. The molecule has 3 fully saturated rings. The zero-order valence-corrected chi connectivity index (χ0v) is 21.6. The number of rotatable bonds is 4. The van der Waals surface area contributed by atoms with Gasteiger partial charge in [-0.3, -0.25) is 24.1 Å². The van der Waals surface area contributed by atoms with E-state index < -0.39 is 29.1 Å². The molecule has 2 heterocycles. The Morgan fingerprint density at radius 3 is 2.39 bits per heavy atom. The number of carbonyl (C=O) groups excluding carboxylic acids is 4. The third-order valence-corrected chi connectivity index (χ3v) is 9.25. The van der Waals surface area contributed by atoms with Gasteiger partial charge in [0.25, 0.3) is 0 Å². The summed E-state index contributed by atoms with van der Waals surface area (Å²) in [6.45, 7) is 3.89. The van der Waals surface area contributed by atoms with Crippen molar-refractivity contribution < 1.29 is 29.0 Å². The lowest BCUT2D eigenvalue weighted by molar-refractivity contribution is -0.140. The summed E-state index contributed by atoms with van der Waals surface area (Å²) in [7, 11) is 1.51. The molecule has 0 spiro atoms. The van der Waals surface area contributed by atoms with E-state index in [0.717, 1.165) is 5.57 Å². The number of hydrogen-bond donors (Lipinski definition) is 1. The van der Waals surface area contributed by atoms with Crippen molar-refractivity contribution >= 4 is 29.3 Å². The SMILES string of the molecule is CCN1C(=O)C2CC=C3C(CC4C(=O)N(c5ccccc5)C(=O)C4(C)C3c3ccc(OC)cc3O)C2C1=O. The molecule has 8 nitrogen and oxygen atoms in total. The van der Waals surface area contributed by atoms with Gasteiger partial charge in [-0.05, 0) is 50.8 Å². The summed E-state index contributed by atoms with van der Waals surface area (Å²) in [5.41, 5.74) is 0.660. The van der Waals surface area contributed by atoms with Crippen molar-refractivity contribution in [2.75, 3.05) is 18.6 Å². The van der Waals surface area contributed by atoms with Crippen LogP contribution in [0.5, 0.6) is 11.5 Å². The fourth-order valence-electron chi connectivity index (χ4n) is 7.45. The number of benzene rings is 2. The molecule has 2 saturated heterocycles. The molecule has 196 valence electrons. The van der Waals surface area contributed by atoms with Gasteiger partial charge in [0.1, 0.15) is 11.5 Å². The Bertz CT molecular complexity index is 1400. The molecule has 6 unspecified atom stereocenters. The zero-order valence-electron chi connectivity index (χ0n) is 21.6. The number of aromatic hydroxyl groups is 1. The molecule has 38 heavy (non-hydrogen) atoms. The van der Waals surface area contributed by atoms with Crippen LogP contribution in [-0.2, 0) is 19.2 Å². The molecule has 2 aliphatic heterocycles. The van der Waals surface area contributed by atoms with Crippen LogP contribution >= 0.6 is 0 Å². The third kappa shape index (κ3) is 3.09. The highest BCUT2D eigenvalue weighted by Gasteiger charge is 2.67. The maximum absolute atomic E-state index is 14.2. The molecule has 2 aromatic rings. The number of methoxy groups -OCH3 is 1. The van der Waals surface area contributed by atoms with E-state index in [9.17, 15) is 24.3 Å². The molecular weight excluding hydrogens is 484 g/mol. The van der Waals surface area contributed by atoms with Crippen LogP contribution in [0.4, 0.5) is 5.69 Å². The molecular formula is C30H30N2O6. The zero-order chi connectivity index (χ0) is 26.9. The Kier molecular flexibility index (Phi) is 5.49. The van der Waals surface area contributed by atoms with Gasteiger partial charge in [-0.15, -0.1) is 0 Å². The van der Waals surface area contributed by atoms with Gasteiger partial charge in [0.15, 0.2) is 0 Å². The average Bonchev–Trinajstić information content (AvgIpc) is 3.28. The summed E-state index contributed by atoms with van der Waals surface area (Å²) in [5.74, 6) is -3.41. The number of ether oxygens (including phenoxy) is 1. The number of anilines is 1. The molecule has 2 aliphatic carbocycles. The minimum absolute atomic E-state index is 0.0413. The monoisotopic (exact) mass is 514 g/mol. The van der Waals surface area contributed by atoms with Crippen molar-refractivity contribution in [3.63, 3.8) is 0 Å².